The van der Waals surface area contributed by atoms with E-state index >= 15 is 0 Å². The zero-order valence-corrected chi connectivity index (χ0v) is 11.7. The van der Waals surface area contributed by atoms with Gasteiger partial charge in [-0.25, -0.2) is 0 Å². The van der Waals surface area contributed by atoms with Crippen molar-refractivity contribution in [2.75, 3.05) is 26.3 Å². The standard InChI is InChI=1S/C14H22N2O4/c17-16(18)13-5-4-11(15-6-2-1-3-7-15)10-12(13)14-19-8-9-20-14/h4,12-14H,1-3,5-10H2. The molecule has 0 bridgehead atoms. The summed E-state index contributed by atoms with van der Waals surface area (Å²) in [5.41, 5.74) is 1.26. The SMILES string of the molecule is O=[N+]([O-])C1CC=C(N2CCCCC2)CC1C1OCCO1. The largest absolute Gasteiger partial charge is 0.375 e. The molecule has 6 nitrogen and oxygen atoms in total. The number of rotatable bonds is 3. The Morgan fingerprint density at radius 1 is 1.20 bits per heavy atom. The molecule has 3 aliphatic rings. The average Bonchev–Trinajstić information content (AvgIpc) is 3.01. The zero-order chi connectivity index (χ0) is 13.9. The van der Waals surface area contributed by atoms with Crippen LogP contribution in [0.5, 0.6) is 0 Å². The molecule has 2 aliphatic heterocycles. The van der Waals surface area contributed by atoms with E-state index in [9.17, 15) is 10.1 Å². The minimum Gasteiger partial charge on any atom is -0.375 e. The Morgan fingerprint density at radius 3 is 2.55 bits per heavy atom. The highest BCUT2D eigenvalue weighted by atomic mass is 16.7. The predicted molar refractivity (Wildman–Crippen MR) is 72.7 cm³/mol. The normalized spacial score (nSPS) is 32.2. The lowest BCUT2D eigenvalue weighted by atomic mass is 9.86. The molecule has 0 spiro atoms. The number of nitrogens with zero attached hydrogens (tertiary/aromatic N) is 2. The second-order valence-corrected chi connectivity index (χ2v) is 5.81. The molecule has 0 aromatic heterocycles. The Morgan fingerprint density at radius 2 is 1.90 bits per heavy atom. The van der Waals surface area contributed by atoms with Crippen LogP contribution < -0.4 is 0 Å². The lowest BCUT2D eigenvalue weighted by molar-refractivity contribution is -0.537. The van der Waals surface area contributed by atoms with E-state index in [0.29, 0.717) is 26.1 Å². The molecule has 0 N–H and O–H groups in total. The molecule has 3 rings (SSSR count). The van der Waals surface area contributed by atoms with Gasteiger partial charge in [-0.05, 0) is 19.3 Å². The number of ether oxygens (including phenoxy) is 2. The van der Waals surface area contributed by atoms with E-state index in [4.69, 9.17) is 9.47 Å². The van der Waals surface area contributed by atoms with Crippen LogP contribution in [0.15, 0.2) is 11.8 Å². The zero-order valence-electron chi connectivity index (χ0n) is 11.7. The molecule has 2 saturated heterocycles. The van der Waals surface area contributed by atoms with Crippen LogP contribution in [0.3, 0.4) is 0 Å². The molecule has 0 saturated carbocycles. The maximum Gasteiger partial charge on any atom is 0.224 e. The van der Waals surface area contributed by atoms with Gasteiger partial charge in [-0.1, -0.05) is 6.08 Å². The highest BCUT2D eigenvalue weighted by Gasteiger charge is 2.43. The molecule has 0 amide bonds. The van der Waals surface area contributed by atoms with Crippen LogP contribution in [0.1, 0.15) is 32.1 Å². The fourth-order valence-corrected chi connectivity index (χ4v) is 3.48. The van der Waals surface area contributed by atoms with Crippen molar-refractivity contribution in [3.05, 3.63) is 21.9 Å². The van der Waals surface area contributed by atoms with E-state index in [1.54, 1.807) is 0 Å². The van der Waals surface area contributed by atoms with Crippen molar-refractivity contribution in [2.24, 2.45) is 5.92 Å². The third-order valence-electron chi connectivity index (χ3n) is 4.56. The Kier molecular flexibility index (Phi) is 4.21. The minimum absolute atomic E-state index is 0.158. The van der Waals surface area contributed by atoms with Gasteiger partial charge in [0.05, 0.1) is 19.1 Å². The van der Waals surface area contributed by atoms with Gasteiger partial charge >= 0.3 is 0 Å². The van der Waals surface area contributed by atoms with Crippen molar-refractivity contribution in [3.63, 3.8) is 0 Å². The summed E-state index contributed by atoms with van der Waals surface area (Å²) < 4.78 is 11.1. The van der Waals surface area contributed by atoms with Crippen molar-refractivity contribution in [1.82, 2.24) is 4.90 Å². The summed E-state index contributed by atoms with van der Waals surface area (Å²) in [7, 11) is 0. The van der Waals surface area contributed by atoms with Crippen LogP contribution in [0, 0.1) is 16.0 Å². The number of hydrogen-bond acceptors (Lipinski definition) is 5. The van der Waals surface area contributed by atoms with E-state index in [2.05, 4.69) is 11.0 Å². The average molecular weight is 282 g/mol. The van der Waals surface area contributed by atoms with Gasteiger partial charge in [0.2, 0.25) is 6.04 Å². The fraction of sp³-hybridized carbons (Fsp3) is 0.857. The highest BCUT2D eigenvalue weighted by molar-refractivity contribution is 5.10. The molecule has 2 atom stereocenters. The molecule has 0 aromatic rings. The summed E-state index contributed by atoms with van der Waals surface area (Å²) in [6.07, 6.45) is 6.58. The quantitative estimate of drug-likeness (QED) is 0.583. The van der Waals surface area contributed by atoms with E-state index in [-0.39, 0.29) is 10.8 Å². The summed E-state index contributed by atoms with van der Waals surface area (Å²) in [5, 5.41) is 11.3. The Labute approximate surface area is 118 Å². The maximum absolute atomic E-state index is 11.3. The van der Waals surface area contributed by atoms with Crippen LogP contribution >= 0.6 is 0 Å². The summed E-state index contributed by atoms with van der Waals surface area (Å²) in [6.45, 7) is 3.25. The fourth-order valence-electron chi connectivity index (χ4n) is 3.48. The van der Waals surface area contributed by atoms with E-state index in [1.165, 1.54) is 25.0 Å². The molecule has 20 heavy (non-hydrogen) atoms. The first-order chi connectivity index (χ1) is 9.75. The van der Waals surface area contributed by atoms with Crippen LogP contribution in [-0.4, -0.2) is 48.5 Å². The number of likely N-dealkylation sites (tertiary alicyclic amines) is 1. The summed E-state index contributed by atoms with van der Waals surface area (Å²) in [4.78, 5) is 13.5. The third kappa shape index (κ3) is 2.81. The lowest BCUT2D eigenvalue weighted by Crippen LogP contribution is -2.42. The number of allylic oxidation sites excluding steroid dienone is 1. The lowest BCUT2D eigenvalue weighted by Gasteiger charge is -2.36. The van der Waals surface area contributed by atoms with Gasteiger partial charge in [0.15, 0.2) is 6.29 Å². The van der Waals surface area contributed by atoms with Gasteiger partial charge in [0, 0.05) is 36.6 Å². The minimum atomic E-state index is -0.577. The summed E-state index contributed by atoms with van der Waals surface area (Å²) in [5.74, 6) is -0.158. The molecule has 2 unspecified atom stereocenters. The first-order valence-electron chi connectivity index (χ1n) is 7.56. The van der Waals surface area contributed by atoms with Crippen LogP contribution in [0.2, 0.25) is 0 Å². The van der Waals surface area contributed by atoms with Crippen molar-refractivity contribution < 1.29 is 14.4 Å². The first kappa shape index (κ1) is 13.8. The Hall–Kier alpha value is -1.14. The van der Waals surface area contributed by atoms with Crippen LogP contribution in [-0.2, 0) is 9.47 Å². The monoisotopic (exact) mass is 282 g/mol. The van der Waals surface area contributed by atoms with Crippen molar-refractivity contribution in [1.29, 1.82) is 0 Å². The van der Waals surface area contributed by atoms with Crippen molar-refractivity contribution in [3.8, 4) is 0 Å². The Bertz CT molecular complexity index is 387. The molecule has 112 valence electrons. The van der Waals surface area contributed by atoms with Gasteiger partial charge in [0.25, 0.3) is 0 Å². The van der Waals surface area contributed by atoms with E-state index < -0.39 is 12.3 Å². The van der Waals surface area contributed by atoms with Crippen molar-refractivity contribution in [2.45, 2.75) is 44.4 Å². The molecular weight excluding hydrogens is 260 g/mol. The highest BCUT2D eigenvalue weighted by Crippen LogP contribution is 2.34. The predicted octanol–water partition coefficient (Wildman–Crippen LogP) is 1.78. The molecule has 6 heteroatoms. The van der Waals surface area contributed by atoms with Crippen LogP contribution in [0.4, 0.5) is 0 Å². The van der Waals surface area contributed by atoms with Gasteiger partial charge < -0.3 is 14.4 Å². The molecule has 0 aromatic carbocycles. The first-order valence-corrected chi connectivity index (χ1v) is 7.56. The molecule has 2 heterocycles. The van der Waals surface area contributed by atoms with E-state index in [1.807, 2.05) is 0 Å². The third-order valence-corrected chi connectivity index (χ3v) is 4.56. The van der Waals surface area contributed by atoms with Gasteiger partial charge in [0.1, 0.15) is 0 Å². The molecule has 0 radical (unpaired) electrons. The van der Waals surface area contributed by atoms with E-state index in [0.717, 1.165) is 13.1 Å². The molecule has 2 fully saturated rings. The maximum atomic E-state index is 11.3. The summed E-state index contributed by atoms with van der Waals surface area (Å²) >= 11 is 0. The number of piperidine rings is 1. The topological polar surface area (TPSA) is 64.8 Å². The number of nitro groups is 1. The number of hydrogen-bond donors (Lipinski definition) is 0. The van der Waals surface area contributed by atoms with Gasteiger partial charge in [-0.2, -0.15) is 0 Å². The smallest absolute Gasteiger partial charge is 0.224 e. The van der Waals surface area contributed by atoms with Gasteiger partial charge in [-0.15, -0.1) is 0 Å². The Balaban J connectivity index is 1.73. The molecule has 1 aliphatic carbocycles. The summed E-state index contributed by atoms with van der Waals surface area (Å²) in [6, 6.07) is -0.577. The molecular formula is C14H22N2O4. The second kappa shape index (κ2) is 6.10. The van der Waals surface area contributed by atoms with Crippen molar-refractivity contribution >= 4 is 0 Å². The van der Waals surface area contributed by atoms with Gasteiger partial charge in [-0.3, -0.25) is 10.1 Å². The second-order valence-electron chi connectivity index (χ2n) is 5.81. The van der Waals surface area contributed by atoms with Crippen LogP contribution in [0.25, 0.3) is 0 Å².